The number of carboxylic acid groups (broad SMARTS) is 1. The van der Waals surface area contributed by atoms with Crippen LogP contribution in [0.4, 0.5) is 9.80 Å². The highest BCUT2D eigenvalue weighted by Crippen LogP contribution is 2.32. The molecular weight excluding hydrogens is 276 g/mol. The Morgan fingerprint density at radius 1 is 1.25 bits per heavy atom. The van der Waals surface area contributed by atoms with E-state index in [4.69, 9.17) is 0 Å². The number of thiophene rings is 1. The fourth-order valence-corrected chi connectivity index (χ4v) is 2.83. The molecule has 0 fully saturated rings. The minimum atomic E-state index is -1.01. The molecule has 1 atom stereocenters. The van der Waals surface area contributed by atoms with E-state index in [-0.39, 0.29) is 17.6 Å². The molecule has 0 saturated heterocycles. The highest BCUT2D eigenvalue weighted by atomic mass is 32.1. The van der Waals surface area contributed by atoms with E-state index in [2.05, 4.69) is 5.32 Å². The standard InChI is InChI=1S/C14H22N2O3S/c1-7(2)9(4)16(6)14(19)15-12-11(13(17)18)8(3)10(5)20-12/h7,9H,1-6H3,(H,15,19)(H,17,18). The summed E-state index contributed by atoms with van der Waals surface area (Å²) in [5.41, 5.74) is 0.892. The SMILES string of the molecule is Cc1sc(NC(=O)N(C)C(C)C(C)C)c(C(=O)O)c1C. The molecule has 20 heavy (non-hydrogen) atoms. The van der Waals surface area contributed by atoms with Crippen LogP contribution in [-0.2, 0) is 0 Å². The summed E-state index contributed by atoms with van der Waals surface area (Å²) >= 11 is 1.30. The number of hydrogen-bond donors (Lipinski definition) is 2. The van der Waals surface area contributed by atoms with Gasteiger partial charge in [0.2, 0.25) is 0 Å². The topological polar surface area (TPSA) is 69.6 Å². The Morgan fingerprint density at radius 3 is 2.25 bits per heavy atom. The van der Waals surface area contributed by atoms with Gasteiger partial charge in [-0.1, -0.05) is 13.8 Å². The van der Waals surface area contributed by atoms with Crippen LogP contribution < -0.4 is 5.32 Å². The zero-order valence-electron chi connectivity index (χ0n) is 12.8. The van der Waals surface area contributed by atoms with Crippen LogP contribution in [-0.4, -0.2) is 35.1 Å². The lowest BCUT2D eigenvalue weighted by atomic mass is 10.1. The number of nitrogens with one attached hydrogen (secondary N) is 1. The average molecular weight is 298 g/mol. The lowest BCUT2D eigenvalue weighted by Crippen LogP contribution is -2.40. The largest absolute Gasteiger partial charge is 0.478 e. The average Bonchev–Trinajstić information content (AvgIpc) is 2.62. The lowest BCUT2D eigenvalue weighted by Gasteiger charge is -2.27. The van der Waals surface area contributed by atoms with Gasteiger partial charge in [0.1, 0.15) is 5.00 Å². The molecular formula is C14H22N2O3S. The molecule has 1 aromatic rings. The number of anilines is 1. The van der Waals surface area contributed by atoms with Crippen LogP contribution in [0.1, 0.15) is 41.6 Å². The highest BCUT2D eigenvalue weighted by Gasteiger charge is 2.23. The van der Waals surface area contributed by atoms with E-state index in [1.54, 1.807) is 18.9 Å². The Balaban J connectivity index is 2.97. The number of carbonyl (C=O) groups excluding carboxylic acids is 1. The van der Waals surface area contributed by atoms with E-state index in [1.165, 1.54) is 11.3 Å². The Morgan fingerprint density at radius 2 is 1.80 bits per heavy atom. The Bertz CT molecular complexity index is 523. The van der Waals surface area contributed by atoms with Crippen molar-refractivity contribution in [2.24, 2.45) is 5.92 Å². The van der Waals surface area contributed by atoms with Gasteiger partial charge < -0.3 is 10.0 Å². The first-order chi connectivity index (χ1) is 9.16. The molecule has 1 unspecified atom stereocenters. The number of aryl methyl sites for hydroxylation is 1. The molecule has 1 rings (SSSR count). The number of rotatable bonds is 4. The summed E-state index contributed by atoms with van der Waals surface area (Å²) in [6.07, 6.45) is 0. The van der Waals surface area contributed by atoms with Gasteiger partial charge >= 0.3 is 12.0 Å². The molecule has 0 aliphatic heterocycles. The van der Waals surface area contributed by atoms with Crippen molar-refractivity contribution in [3.05, 3.63) is 16.0 Å². The third-order valence-corrected chi connectivity index (χ3v) is 4.84. The van der Waals surface area contributed by atoms with Gasteiger partial charge in [0.25, 0.3) is 0 Å². The van der Waals surface area contributed by atoms with Crippen LogP contribution >= 0.6 is 11.3 Å². The fraction of sp³-hybridized carbons (Fsp3) is 0.571. The van der Waals surface area contributed by atoms with Gasteiger partial charge in [-0.3, -0.25) is 5.32 Å². The molecule has 0 aromatic carbocycles. The summed E-state index contributed by atoms with van der Waals surface area (Å²) in [6, 6.07) is -0.208. The van der Waals surface area contributed by atoms with Crippen molar-refractivity contribution < 1.29 is 14.7 Å². The molecule has 112 valence electrons. The quantitative estimate of drug-likeness (QED) is 0.892. The summed E-state index contributed by atoms with van der Waals surface area (Å²) in [7, 11) is 1.72. The molecule has 6 heteroatoms. The van der Waals surface area contributed by atoms with Crippen LogP contribution in [0.5, 0.6) is 0 Å². The molecule has 0 saturated carbocycles. The number of nitrogens with zero attached hydrogens (tertiary/aromatic N) is 1. The van der Waals surface area contributed by atoms with E-state index in [0.717, 1.165) is 4.88 Å². The second-order valence-corrected chi connectivity index (χ2v) is 6.54. The van der Waals surface area contributed by atoms with Crippen molar-refractivity contribution in [2.75, 3.05) is 12.4 Å². The van der Waals surface area contributed by atoms with E-state index < -0.39 is 5.97 Å². The molecule has 5 nitrogen and oxygen atoms in total. The first kappa shape index (κ1) is 16.5. The normalized spacial score (nSPS) is 12.3. The number of hydrogen-bond acceptors (Lipinski definition) is 3. The molecule has 1 aromatic heterocycles. The van der Waals surface area contributed by atoms with Gasteiger partial charge in [0.05, 0.1) is 5.56 Å². The Labute approximate surface area is 123 Å². The van der Waals surface area contributed by atoms with Crippen molar-refractivity contribution in [1.29, 1.82) is 0 Å². The minimum Gasteiger partial charge on any atom is -0.478 e. The zero-order valence-corrected chi connectivity index (χ0v) is 13.6. The molecule has 2 amide bonds. The third-order valence-electron chi connectivity index (χ3n) is 3.72. The van der Waals surface area contributed by atoms with E-state index >= 15 is 0 Å². The number of carboxylic acids is 1. The maximum Gasteiger partial charge on any atom is 0.338 e. The predicted molar refractivity (Wildman–Crippen MR) is 81.8 cm³/mol. The van der Waals surface area contributed by atoms with Crippen molar-refractivity contribution in [3.63, 3.8) is 0 Å². The smallest absolute Gasteiger partial charge is 0.338 e. The van der Waals surface area contributed by atoms with Crippen LogP contribution in [0, 0.1) is 19.8 Å². The van der Waals surface area contributed by atoms with Crippen molar-refractivity contribution in [2.45, 2.75) is 40.7 Å². The van der Waals surface area contributed by atoms with Crippen LogP contribution in [0.3, 0.4) is 0 Å². The molecule has 0 spiro atoms. The Hall–Kier alpha value is -1.56. The maximum absolute atomic E-state index is 12.2. The second-order valence-electron chi connectivity index (χ2n) is 5.32. The number of carbonyl (C=O) groups is 2. The highest BCUT2D eigenvalue weighted by molar-refractivity contribution is 7.16. The summed E-state index contributed by atoms with van der Waals surface area (Å²) in [5.74, 6) is -0.682. The van der Waals surface area contributed by atoms with Gasteiger partial charge in [-0.2, -0.15) is 0 Å². The fourth-order valence-electron chi connectivity index (χ4n) is 1.79. The van der Waals surface area contributed by atoms with E-state index in [1.807, 2.05) is 27.7 Å². The molecule has 2 N–H and O–H groups in total. The molecule has 1 heterocycles. The number of urea groups is 1. The van der Waals surface area contributed by atoms with Crippen molar-refractivity contribution >= 4 is 28.3 Å². The Kier molecular flexibility index (Phi) is 5.16. The summed E-state index contributed by atoms with van der Waals surface area (Å²) < 4.78 is 0. The second kappa shape index (κ2) is 6.26. The maximum atomic E-state index is 12.2. The molecule has 0 radical (unpaired) electrons. The predicted octanol–water partition coefficient (Wildman–Crippen LogP) is 3.57. The first-order valence-electron chi connectivity index (χ1n) is 6.53. The van der Waals surface area contributed by atoms with Crippen LogP contribution in [0.25, 0.3) is 0 Å². The summed E-state index contributed by atoms with van der Waals surface area (Å²) in [4.78, 5) is 26.0. The van der Waals surface area contributed by atoms with Gasteiger partial charge in [0, 0.05) is 18.0 Å². The minimum absolute atomic E-state index is 0.0745. The third kappa shape index (κ3) is 3.30. The van der Waals surface area contributed by atoms with Crippen LogP contribution in [0.2, 0.25) is 0 Å². The van der Waals surface area contributed by atoms with Crippen molar-refractivity contribution in [3.8, 4) is 0 Å². The zero-order chi connectivity index (χ0) is 15.6. The van der Waals surface area contributed by atoms with Gasteiger partial charge in [-0.15, -0.1) is 11.3 Å². The van der Waals surface area contributed by atoms with Crippen LogP contribution in [0.15, 0.2) is 0 Å². The monoisotopic (exact) mass is 298 g/mol. The summed E-state index contributed by atoms with van der Waals surface area (Å²) in [5, 5.41) is 12.4. The molecule has 0 bridgehead atoms. The lowest BCUT2D eigenvalue weighted by molar-refractivity contribution is 0.0697. The number of aromatic carboxylic acids is 1. The molecule has 0 aliphatic carbocycles. The first-order valence-corrected chi connectivity index (χ1v) is 7.35. The van der Waals surface area contributed by atoms with Crippen molar-refractivity contribution in [1.82, 2.24) is 4.90 Å². The van der Waals surface area contributed by atoms with Gasteiger partial charge in [0.15, 0.2) is 0 Å². The van der Waals surface area contributed by atoms with Gasteiger partial charge in [-0.05, 0) is 32.3 Å². The van der Waals surface area contributed by atoms with E-state index in [9.17, 15) is 14.7 Å². The van der Waals surface area contributed by atoms with E-state index in [0.29, 0.717) is 16.5 Å². The van der Waals surface area contributed by atoms with Gasteiger partial charge in [-0.25, -0.2) is 9.59 Å². The number of amides is 2. The molecule has 0 aliphatic rings. The summed E-state index contributed by atoms with van der Waals surface area (Å²) in [6.45, 7) is 9.65.